The molecule has 0 saturated heterocycles. The predicted molar refractivity (Wildman–Crippen MR) is 71.1 cm³/mol. The highest BCUT2D eigenvalue weighted by Crippen LogP contribution is 2.33. The largest absolute Gasteiger partial charge is 0.459 e. The van der Waals surface area contributed by atoms with Gasteiger partial charge >= 0.3 is 5.97 Å². The molecule has 2 rings (SSSR count). The smallest absolute Gasteiger partial charge is 0.320 e. The monoisotopic (exact) mass is 254 g/mol. The first-order valence-corrected chi connectivity index (χ1v) is 7.05. The van der Waals surface area contributed by atoms with Crippen LogP contribution in [-0.2, 0) is 9.53 Å². The highest BCUT2D eigenvalue weighted by molar-refractivity contribution is 5.72. The molecule has 2 aliphatic rings. The van der Waals surface area contributed by atoms with Crippen molar-refractivity contribution < 1.29 is 9.53 Å². The molecule has 0 heterocycles. The zero-order valence-corrected chi connectivity index (χ0v) is 11.8. The van der Waals surface area contributed by atoms with Crippen molar-refractivity contribution in [3.8, 4) is 0 Å². The molecule has 104 valence electrons. The van der Waals surface area contributed by atoms with Crippen molar-refractivity contribution >= 4 is 5.97 Å². The number of nitrogens with zero attached hydrogens (tertiary/aromatic N) is 1. The minimum Gasteiger partial charge on any atom is -0.459 e. The van der Waals surface area contributed by atoms with E-state index in [0.717, 1.165) is 25.3 Å². The lowest BCUT2D eigenvalue weighted by molar-refractivity contribution is -0.157. The Labute approximate surface area is 110 Å². The van der Waals surface area contributed by atoms with Gasteiger partial charge in [-0.15, -0.1) is 0 Å². The number of hydrogen-bond acceptors (Lipinski definition) is 4. The summed E-state index contributed by atoms with van der Waals surface area (Å²) in [4.78, 5) is 14.2. The summed E-state index contributed by atoms with van der Waals surface area (Å²) in [5.41, 5.74) is 5.45. The standard InChI is InChI=1S/C14H26N2O2/c1-14(2,3)18-13(17)9-16(8-10-4-5-10)12-6-11(15)7-12/h10-12H,4-9,15H2,1-3H3. The normalized spacial score (nSPS) is 28.1. The van der Waals surface area contributed by atoms with Crippen LogP contribution in [0.4, 0.5) is 0 Å². The molecule has 0 unspecified atom stereocenters. The quantitative estimate of drug-likeness (QED) is 0.756. The van der Waals surface area contributed by atoms with Crippen LogP contribution in [-0.4, -0.2) is 41.6 Å². The molecule has 0 aromatic carbocycles. The maximum Gasteiger partial charge on any atom is 0.320 e. The Balaban J connectivity index is 1.82. The van der Waals surface area contributed by atoms with E-state index >= 15 is 0 Å². The third kappa shape index (κ3) is 4.25. The van der Waals surface area contributed by atoms with Crippen LogP contribution in [0.1, 0.15) is 46.5 Å². The molecule has 18 heavy (non-hydrogen) atoms. The van der Waals surface area contributed by atoms with Gasteiger partial charge in [0.2, 0.25) is 0 Å². The van der Waals surface area contributed by atoms with Crippen LogP contribution in [0.15, 0.2) is 0 Å². The van der Waals surface area contributed by atoms with E-state index in [2.05, 4.69) is 4.90 Å². The molecular weight excluding hydrogens is 228 g/mol. The van der Waals surface area contributed by atoms with Gasteiger partial charge in [-0.25, -0.2) is 0 Å². The van der Waals surface area contributed by atoms with Crippen molar-refractivity contribution in [3.05, 3.63) is 0 Å². The number of rotatable bonds is 5. The first-order chi connectivity index (χ1) is 8.33. The van der Waals surface area contributed by atoms with Crippen molar-refractivity contribution in [2.24, 2.45) is 11.7 Å². The van der Waals surface area contributed by atoms with Crippen LogP contribution in [0.25, 0.3) is 0 Å². The molecule has 0 aromatic rings. The fourth-order valence-electron chi connectivity index (χ4n) is 2.44. The summed E-state index contributed by atoms with van der Waals surface area (Å²) in [7, 11) is 0. The molecule has 2 fully saturated rings. The molecule has 2 saturated carbocycles. The van der Waals surface area contributed by atoms with Crippen LogP contribution in [0.2, 0.25) is 0 Å². The zero-order valence-electron chi connectivity index (χ0n) is 11.8. The fourth-order valence-corrected chi connectivity index (χ4v) is 2.44. The van der Waals surface area contributed by atoms with E-state index in [1.165, 1.54) is 12.8 Å². The highest BCUT2D eigenvalue weighted by atomic mass is 16.6. The topological polar surface area (TPSA) is 55.6 Å². The number of nitrogens with two attached hydrogens (primary N) is 1. The lowest BCUT2D eigenvalue weighted by Crippen LogP contribution is -2.53. The first-order valence-electron chi connectivity index (χ1n) is 7.05. The van der Waals surface area contributed by atoms with E-state index in [9.17, 15) is 4.79 Å². The molecule has 2 aliphatic carbocycles. The third-order valence-electron chi connectivity index (χ3n) is 3.61. The first kappa shape index (κ1) is 13.8. The Morgan fingerprint density at radius 2 is 1.94 bits per heavy atom. The van der Waals surface area contributed by atoms with Gasteiger partial charge in [-0.1, -0.05) is 0 Å². The number of esters is 1. The maximum atomic E-state index is 11.9. The predicted octanol–water partition coefficient (Wildman–Crippen LogP) is 1.53. The minimum atomic E-state index is -0.391. The molecule has 0 amide bonds. The Hall–Kier alpha value is -0.610. The Morgan fingerprint density at radius 1 is 1.33 bits per heavy atom. The lowest BCUT2D eigenvalue weighted by atomic mass is 9.86. The number of ether oxygens (including phenoxy) is 1. The van der Waals surface area contributed by atoms with Crippen LogP contribution in [0.5, 0.6) is 0 Å². The minimum absolute atomic E-state index is 0.108. The van der Waals surface area contributed by atoms with Gasteiger partial charge in [0.15, 0.2) is 0 Å². The number of hydrogen-bond donors (Lipinski definition) is 1. The van der Waals surface area contributed by atoms with Crippen molar-refractivity contribution in [1.82, 2.24) is 4.90 Å². The van der Waals surface area contributed by atoms with Crippen molar-refractivity contribution in [3.63, 3.8) is 0 Å². The third-order valence-corrected chi connectivity index (χ3v) is 3.61. The molecule has 0 aliphatic heterocycles. The molecule has 4 heteroatoms. The summed E-state index contributed by atoms with van der Waals surface area (Å²) >= 11 is 0. The Kier molecular flexibility index (Phi) is 3.97. The van der Waals surface area contributed by atoms with Gasteiger partial charge in [0, 0.05) is 18.6 Å². The van der Waals surface area contributed by atoms with Crippen LogP contribution >= 0.6 is 0 Å². The zero-order chi connectivity index (χ0) is 13.3. The van der Waals surface area contributed by atoms with E-state index in [-0.39, 0.29) is 5.97 Å². The lowest BCUT2D eigenvalue weighted by Gasteiger charge is -2.41. The average molecular weight is 254 g/mol. The second-order valence-corrected chi connectivity index (χ2v) is 6.84. The van der Waals surface area contributed by atoms with E-state index in [1.54, 1.807) is 0 Å². The van der Waals surface area contributed by atoms with Gasteiger partial charge in [0.1, 0.15) is 5.60 Å². The summed E-state index contributed by atoms with van der Waals surface area (Å²) in [5, 5.41) is 0. The molecule has 0 bridgehead atoms. The summed E-state index contributed by atoms with van der Waals surface area (Å²) in [5.74, 6) is 0.688. The van der Waals surface area contributed by atoms with Gasteiger partial charge < -0.3 is 10.5 Å². The molecule has 4 nitrogen and oxygen atoms in total. The fraction of sp³-hybridized carbons (Fsp3) is 0.929. The van der Waals surface area contributed by atoms with Crippen LogP contribution in [0, 0.1) is 5.92 Å². The summed E-state index contributed by atoms with van der Waals surface area (Å²) in [6.45, 7) is 7.20. The summed E-state index contributed by atoms with van der Waals surface area (Å²) < 4.78 is 5.40. The molecule has 2 N–H and O–H groups in total. The summed E-state index contributed by atoms with van der Waals surface area (Å²) in [6.07, 6.45) is 4.66. The van der Waals surface area contributed by atoms with Gasteiger partial charge in [0.05, 0.1) is 6.54 Å². The second kappa shape index (κ2) is 5.17. The van der Waals surface area contributed by atoms with E-state index in [1.807, 2.05) is 20.8 Å². The average Bonchev–Trinajstić information content (AvgIpc) is 2.92. The Morgan fingerprint density at radius 3 is 2.39 bits per heavy atom. The van der Waals surface area contributed by atoms with Crippen molar-refractivity contribution in [2.75, 3.05) is 13.1 Å². The van der Waals surface area contributed by atoms with Crippen molar-refractivity contribution in [2.45, 2.75) is 64.1 Å². The van der Waals surface area contributed by atoms with E-state index in [0.29, 0.717) is 18.6 Å². The van der Waals surface area contributed by atoms with Gasteiger partial charge in [-0.05, 0) is 52.4 Å². The number of carbonyl (C=O) groups excluding carboxylic acids is 1. The van der Waals surface area contributed by atoms with E-state index < -0.39 is 5.60 Å². The summed E-state index contributed by atoms with van der Waals surface area (Å²) in [6, 6.07) is 0.823. The highest BCUT2D eigenvalue weighted by Gasteiger charge is 2.36. The Bertz CT molecular complexity index is 301. The molecule has 0 aromatic heterocycles. The second-order valence-electron chi connectivity index (χ2n) is 6.84. The van der Waals surface area contributed by atoms with Crippen LogP contribution < -0.4 is 5.73 Å². The van der Waals surface area contributed by atoms with Gasteiger partial charge in [-0.2, -0.15) is 0 Å². The molecule has 0 atom stereocenters. The maximum absolute atomic E-state index is 11.9. The molecular formula is C14H26N2O2. The van der Waals surface area contributed by atoms with Crippen LogP contribution in [0.3, 0.4) is 0 Å². The van der Waals surface area contributed by atoms with Gasteiger partial charge in [0.25, 0.3) is 0 Å². The van der Waals surface area contributed by atoms with E-state index in [4.69, 9.17) is 10.5 Å². The SMILES string of the molecule is CC(C)(C)OC(=O)CN(CC1CC1)C1CC(N)C1. The number of carbonyl (C=O) groups is 1. The molecule has 0 spiro atoms. The van der Waals surface area contributed by atoms with Crippen molar-refractivity contribution in [1.29, 1.82) is 0 Å². The van der Waals surface area contributed by atoms with Gasteiger partial charge in [-0.3, -0.25) is 9.69 Å². The molecule has 0 radical (unpaired) electrons.